The van der Waals surface area contributed by atoms with Crippen molar-refractivity contribution in [3.63, 3.8) is 0 Å². The zero-order chi connectivity index (χ0) is 18.0. The third kappa shape index (κ3) is 4.57. The predicted octanol–water partition coefficient (Wildman–Crippen LogP) is 3.84. The fourth-order valence-corrected chi connectivity index (χ4v) is 4.62. The number of halogens is 4. The molecule has 9 heteroatoms. The average Bonchev–Trinajstić information content (AvgIpc) is 2.48. The van der Waals surface area contributed by atoms with E-state index in [1.165, 1.54) is 0 Å². The van der Waals surface area contributed by atoms with Crippen LogP contribution in [0.5, 0.6) is 11.5 Å². The first-order chi connectivity index (χ1) is 11.2. The van der Waals surface area contributed by atoms with Gasteiger partial charge in [0.1, 0.15) is 17.6 Å². The molecule has 0 fully saturated rings. The monoisotopic (exact) mass is 563 g/mol. The Morgan fingerprint density at radius 2 is 1.96 bits per heavy atom. The van der Waals surface area contributed by atoms with E-state index in [2.05, 4.69) is 0 Å². The first-order valence-corrected chi connectivity index (χ1v) is 8.95. The van der Waals surface area contributed by atoms with Crippen LogP contribution >= 0.6 is 45.2 Å². The summed E-state index contributed by atoms with van der Waals surface area (Å²) in [5, 5.41) is 18.0. The Balaban J connectivity index is 2.18. The quantitative estimate of drug-likeness (QED) is 0.474. The van der Waals surface area contributed by atoms with Crippen molar-refractivity contribution in [1.29, 1.82) is 0 Å². The van der Waals surface area contributed by atoms with Crippen molar-refractivity contribution in [2.75, 3.05) is 0 Å². The Morgan fingerprint density at radius 3 is 2.46 bits per heavy atom. The van der Waals surface area contributed by atoms with Crippen molar-refractivity contribution < 1.29 is 28.5 Å². The van der Waals surface area contributed by atoms with Crippen LogP contribution in [-0.2, 0) is 4.79 Å². The third-order valence-corrected chi connectivity index (χ3v) is 5.15. The largest absolute Gasteiger partial charge is 0.503 e. The second kappa shape index (κ2) is 7.95. The lowest BCUT2D eigenvalue weighted by Crippen LogP contribution is -2.32. The highest BCUT2D eigenvalue weighted by atomic mass is 127. The van der Waals surface area contributed by atoms with Crippen LogP contribution in [0.3, 0.4) is 0 Å². The van der Waals surface area contributed by atoms with Crippen LogP contribution in [0.15, 0.2) is 31.1 Å². The topological polar surface area (TPSA) is 92.8 Å². The Labute approximate surface area is 163 Å². The molecule has 0 spiro atoms. The molecule has 0 bridgehead atoms. The number of hydrogen-bond acceptors (Lipinski definition) is 4. The lowest BCUT2D eigenvalue weighted by atomic mass is 9.93. The summed E-state index contributed by atoms with van der Waals surface area (Å²) in [5.41, 5.74) is 5.56. The molecule has 4 N–H and O–H groups in total. The highest BCUT2D eigenvalue weighted by Gasteiger charge is 2.25. The van der Waals surface area contributed by atoms with Gasteiger partial charge in [-0.1, -0.05) is 6.08 Å². The summed E-state index contributed by atoms with van der Waals surface area (Å²) in [4.78, 5) is 10.9. The number of carboxylic acid groups (broad SMARTS) is 1. The number of nitrogens with two attached hydrogens (primary N) is 1. The van der Waals surface area contributed by atoms with Gasteiger partial charge in [-0.05, 0) is 63.9 Å². The summed E-state index contributed by atoms with van der Waals surface area (Å²) >= 11 is 4.06. The second-order valence-corrected chi connectivity index (χ2v) is 7.70. The molecule has 24 heavy (non-hydrogen) atoms. The number of rotatable bonds is 5. The van der Waals surface area contributed by atoms with Crippen molar-refractivity contribution >= 4 is 51.2 Å². The fourth-order valence-electron chi connectivity index (χ4n) is 2.20. The minimum absolute atomic E-state index is 0.0597. The Morgan fingerprint density at radius 1 is 1.38 bits per heavy atom. The maximum absolute atomic E-state index is 13.4. The molecule has 5 nitrogen and oxygen atoms in total. The highest BCUT2D eigenvalue weighted by Crippen LogP contribution is 2.39. The predicted molar refractivity (Wildman–Crippen MR) is 100 cm³/mol. The standard InChI is InChI=1S/C15H13F2I2NO4/c16-8-4-7(5-9(17)13(8)21)24-14-10(18)1-6(2-11(14)19)3-12(20)15(22)23/h1,4-6,12,21H,2-3,20H2,(H,22,23)/t6?,12-/m0/s1. The smallest absolute Gasteiger partial charge is 0.320 e. The van der Waals surface area contributed by atoms with Crippen molar-refractivity contribution in [1.82, 2.24) is 0 Å². The minimum atomic E-state index is -1.11. The molecule has 1 aromatic rings. The average molecular weight is 563 g/mol. The number of phenols is 1. The van der Waals surface area contributed by atoms with E-state index in [1.807, 2.05) is 51.3 Å². The summed E-state index contributed by atoms with van der Waals surface area (Å²) in [6.07, 6.45) is 2.63. The van der Waals surface area contributed by atoms with E-state index < -0.39 is 29.4 Å². The molecule has 2 atom stereocenters. The number of carbonyl (C=O) groups is 1. The molecular weight excluding hydrogens is 550 g/mol. The van der Waals surface area contributed by atoms with Crippen LogP contribution in [0, 0.1) is 17.6 Å². The Bertz CT molecular complexity index is 713. The Hall–Kier alpha value is -0.950. The van der Waals surface area contributed by atoms with Crippen molar-refractivity contribution in [3.05, 3.63) is 42.8 Å². The molecule has 130 valence electrons. The summed E-state index contributed by atoms with van der Waals surface area (Å²) in [6.45, 7) is 0. The summed E-state index contributed by atoms with van der Waals surface area (Å²) in [6, 6.07) is 0.833. The van der Waals surface area contributed by atoms with Crippen molar-refractivity contribution in [2.45, 2.75) is 18.9 Å². The molecule has 1 aromatic carbocycles. The van der Waals surface area contributed by atoms with Crippen LogP contribution in [0.25, 0.3) is 0 Å². The lowest BCUT2D eigenvalue weighted by Gasteiger charge is -2.23. The van der Waals surface area contributed by atoms with Crippen LogP contribution in [-0.4, -0.2) is 22.2 Å². The molecule has 0 radical (unpaired) electrons. The van der Waals surface area contributed by atoms with Gasteiger partial charge in [-0.25, -0.2) is 8.78 Å². The van der Waals surface area contributed by atoms with E-state index in [-0.39, 0.29) is 18.1 Å². The van der Waals surface area contributed by atoms with E-state index >= 15 is 0 Å². The maximum atomic E-state index is 13.4. The number of aromatic hydroxyl groups is 1. The molecule has 1 unspecified atom stereocenters. The van der Waals surface area contributed by atoms with E-state index in [4.69, 9.17) is 20.7 Å². The third-order valence-electron chi connectivity index (χ3n) is 3.37. The van der Waals surface area contributed by atoms with Gasteiger partial charge in [0, 0.05) is 15.7 Å². The fraction of sp³-hybridized carbons (Fsp3) is 0.267. The van der Waals surface area contributed by atoms with Crippen LogP contribution in [0.2, 0.25) is 0 Å². The SMILES string of the molecule is N[C@@H](CC1C=C(I)C(Oc2cc(F)c(O)c(F)c2)=C(I)C1)C(=O)O. The van der Waals surface area contributed by atoms with Crippen molar-refractivity contribution in [2.24, 2.45) is 11.7 Å². The molecule has 2 rings (SSSR count). The molecule has 0 saturated carbocycles. The maximum Gasteiger partial charge on any atom is 0.320 e. The summed E-state index contributed by atoms with van der Waals surface area (Å²) in [5.74, 6) is -4.02. The molecule has 0 aromatic heterocycles. The van der Waals surface area contributed by atoms with Gasteiger partial charge < -0.3 is 20.7 Å². The van der Waals surface area contributed by atoms with E-state index in [9.17, 15) is 13.6 Å². The van der Waals surface area contributed by atoms with Crippen LogP contribution in [0.1, 0.15) is 12.8 Å². The van der Waals surface area contributed by atoms with Gasteiger partial charge in [0.15, 0.2) is 17.4 Å². The first-order valence-electron chi connectivity index (χ1n) is 6.79. The zero-order valence-electron chi connectivity index (χ0n) is 12.1. The minimum Gasteiger partial charge on any atom is -0.503 e. The number of allylic oxidation sites excluding steroid dienone is 3. The number of ether oxygens (including phenoxy) is 1. The normalized spacial score (nSPS) is 19.0. The Kier molecular flexibility index (Phi) is 6.42. The van der Waals surface area contributed by atoms with Gasteiger partial charge in [-0.3, -0.25) is 4.79 Å². The highest BCUT2D eigenvalue weighted by molar-refractivity contribution is 14.1. The van der Waals surface area contributed by atoms with Gasteiger partial charge >= 0.3 is 5.97 Å². The van der Waals surface area contributed by atoms with Gasteiger partial charge in [-0.2, -0.15) is 0 Å². The van der Waals surface area contributed by atoms with Gasteiger partial charge in [0.05, 0.1) is 3.58 Å². The van der Waals surface area contributed by atoms with Gasteiger partial charge in [0.2, 0.25) is 0 Å². The number of hydrogen-bond donors (Lipinski definition) is 3. The molecule has 0 heterocycles. The number of carboxylic acids is 1. The van der Waals surface area contributed by atoms with Crippen molar-refractivity contribution in [3.8, 4) is 11.5 Å². The number of benzene rings is 1. The zero-order valence-corrected chi connectivity index (χ0v) is 16.4. The second-order valence-electron chi connectivity index (χ2n) is 5.23. The molecule has 0 aliphatic heterocycles. The summed E-state index contributed by atoms with van der Waals surface area (Å²) in [7, 11) is 0. The summed E-state index contributed by atoms with van der Waals surface area (Å²) < 4.78 is 33.8. The number of phenolic OH excluding ortho intramolecular Hbond substituents is 1. The van der Waals surface area contributed by atoms with E-state index in [0.717, 1.165) is 15.7 Å². The van der Waals surface area contributed by atoms with Gasteiger partial charge in [-0.15, -0.1) is 0 Å². The lowest BCUT2D eigenvalue weighted by molar-refractivity contribution is -0.138. The molecule has 1 aliphatic rings. The van der Waals surface area contributed by atoms with E-state index in [1.54, 1.807) is 0 Å². The van der Waals surface area contributed by atoms with E-state index in [0.29, 0.717) is 15.8 Å². The molecule has 0 saturated heterocycles. The molecular formula is C15H13F2I2NO4. The van der Waals surface area contributed by atoms with Crippen LogP contribution < -0.4 is 10.5 Å². The molecule has 1 aliphatic carbocycles. The van der Waals surface area contributed by atoms with Crippen LogP contribution in [0.4, 0.5) is 8.78 Å². The number of aliphatic carboxylic acids is 1. The molecule has 0 amide bonds. The first kappa shape index (κ1) is 19.4. The van der Waals surface area contributed by atoms with Gasteiger partial charge in [0.25, 0.3) is 0 Å².